The number of aromatic nitrogens is 2. The Labute approximate surface area is 192 Å². The Hall–Kier alpha value is -3.78. The average Bonchev–Trinajstić information content (AvgIpc) is 2.83. The van der Waals surface area contributed by atoms with E-state index in [1.165, 1.54) is 18.0 Å². The van der Waals surface area contributed by atoms with Gasteiger partial charge in [-0.25, -0.2) is 9.78 Å². The summed E-state index contributed by atoms with van der Waals surface area (Å²) in [5.74, 6) is 0.333. The summed E-state index contributed by atoms with van der Waals surface area (Å²) in [6.45, 7) is -0.244. The quantitative estimate of drug-likeness (QED) is 0.297. The topological polar surface area (TPSA) is 82.8 Å². The Balaban J connectivity index is 1.83. The van der Waals surface area contributed by atoms with Crippen LogP contribution in [-0.4, -0.2) is 35.6 Å². The monoisotopic (exact) mass is 491 g/mol. The molecule has 7 nitrogen and oxygen atoms in total. The minimum absolute atomic E-state index is 0.244. The van der Waals surface area contributed by atoms with Crippen LogP contribution in [0.3, 0.4) is 0 Å². The third-order valence-corrected chi connectivity index (χ3v) is 5.14. The van der Waals surface area contributed by atoms with E-state index in [9.17, 15) is 9.59 Å². The second-order valence-electron chi connectivity index (χ2n) is 6.73. The second kappa shape index (κ2) is 9.57. The van der Waals surface area contributed by atoms with Crippen LogP contribution in [0.15, 0.2) is 87.2 Å². The molecule has 8 heteroatoms. The van der Waals surface area contributed by atoms with Crippen LogP contribution in [0.4, 0.5) is 0 Å². The third-order valence-electron chi connectivity index (χ3n) is 4.64. The van der Waals surface area contributed by atoms with E-state index < -0.39 is 5.97 Å². The SMILES string of the molecule is COC(=O)COc1ccc(Br)cc1C=Nn1c(-c2ccccc2)nc2ccccc2c1=O. The van der Waals surface area contributed by atoms with Gasteiger partial charge in [0, 0.05) is 15.6 Å². The zero-order valence-electron chi connectivity index (χ0n) is 17.1. The molecule has 0 radical (unpaired) electrons. The highest BCUT2D eigenvalue weighted by Gasteiger charge is 2.13. The van der Waals surface area contributed by atoms with Crippen molar-refractivity contribution in [2.75, 3.05) is 13.7 Å². The predicted molar refractivity (Wildman–Crippen MR) is 126 cm³/mol. The Kier molecular flexibility index (Phi) is 6.42. The number of rotatable bonds is 6. The highest BCUT2D eigenvalue weighted by Crippen LogP contribution is 2.23. The molecule has 160 valence electrons. The van der Waals surface area contributed by atoms with Gasteiger partial charge in [-0.2, -0.15) is 9.78 Å². The Morgan fingerprint density at radius 3 is 2.62 bits per heavy atom. The van der Waals surface area contributed by atoms with E-state index in [0.717, 1.165) is 10.0 Å². The molecule has 0 aliphatic heterocycles. The summed E-state index contributed by atoms with van der Waals surface area (Å²) in [6, 6.07) is 21.8. The number of methoxy groups -OCH3 is 1. The van der Waals surface area contributed by atoms with Gasteiger partial charge in [-0.05, 0) is 30.3 Å². The first-order chi connectivity index (χ1) is 15.6. The van der Waals surface area contributed by atoms with Gasteiger partial charge in [0.2, 0.25) is 0 Å². The maximum Gasteiger partial charge on any atom is 0.343 e. The number of esters is 1. The van der Waals surface area contributed by atoms with Gasteiger partial charge in [-0.15, -0.1) is 0 Å². The summed E-state index contributed by atoms with van der Waals surface area (Å²) in [4.78, 5) is 29.4. The van der Waals surface area contributed by atoms with Crippen molar-refractivity contribution in [2.24, 2.45) is 5.10 Å². The second-order valence-corrected chi connectivity index (χ2v) is 7.64. The first-order valence-corrected chi connectivity index (χ1v) is 10.5. The highest BCUT2D eigenvalue weighted by molar-refractivity contribution is 9.10. The molecule has 0 bridgehead atoms. The van der Waals surface area contributed by atoms with E-state index in [-0.39, 0.29) is 12.2 Å². The van der Waals surface area contributed by atoms with E-state index in [1.54, 1.807) is 36.4 Å². The minimum Gasteiger partial charge on any atom is -0.481 e. The molecule has 0 atom stereocenters. The minimum atomic E-state index is -0.503. The van der Waals surface area contributed by atoms with Gasteiger partial charge in [-0.3, -0.25) is 4.79 Å². The molecule has 1 aromatic heterocycles. The maximum atomic E-state index is 13.3. The summed E-state index contributed by atoms with van der Waals surface area (Å²) >= 11 is 3.42. The van der Waals surface area contributed by atoms with Crippen LogP contribution in [-0.2, 0) is 9.53 Å². The van der Waals surface area contributed by atoms with Crippen LogP contribution in [0, 0.1) is 0 Å². The molecule has 4 rings (SSSR count). The first-order valence-electron chi connectivity index (χ1n) is 9.67. The zero-order valence-corrected chi connectivity index (χ0v) is 18.7. The Morgan fingerprint density at radius 2 is 1.84 bits per heavy atom. The predicted octanol–water partition coefficient (Wildman–Crippen LogP) is 4.26. The van der Waals surface area contributed by atoms with Gasteiger partial charge in [0.25, 0.3) is 5.56 Å². The average molecular weight is 492 g/mol. The largest absolute Gasteiger partial charge is 0.481 e. The van der Waals surface area contributed by atoms with E-state index in [0.29, 0.717) is 28.0 Å². The summed E-state index contributed by atoms with van der Waals surface area (Å²) in [5, 5.41) is 4.91. The smallest absolute Gasteiger partial charge is 0.343 e. The number of nitrogens with zero attached hydrogens (tertiary/aromatic N) is 3. The van der Waals surface area contributed by atoms with Crippen LogP contribution in [0.1, 0.15) is 5.56 Å². The number of hydrogen-bond donors (Lipinski definition) is 0. The lowest BCUT2D eigenvalue weighted by molar-refractivity contribution is -0.142. The normalized spacial score (nSPS) is 11.1. The molecular formula is C24H18BrN3O4. The third kappa shape index (κ3) is 4.60. The molecule has 0 fully saturated rings. The molecule has 0 N–H and O–H groups in total. The van der Waals surface area contributed by atoms with Gasteiger partial charge in [0.1, 0.15) is 5.75 Å². The molecule has 0 spiro atoms. The van der Waals surface area contributed by atoms with Gasteiger partial charge < -0.3 is 9.47 Å². The van der Waals surface area contributed by atoms with Gasteiger partial charge in [0.15, 0.2) is 12.4 Å². The Morgan fingerprint density at radius 1 is 1.09 bits per heavy atom. The van der Waals surface area contributed by atoms with Crippen molar-refractivity contribution in [2.45, 2.75) is 0 Å². The van der Waals surface area contributed by atoms with Crippen molar-refractivity contribution in [3.8, 4) is 17.1 Å². The standard InChI is InChI=1S/C24H18BrN3O4/c1-31-22(29)15-32-21-12-11-18(25)13-17(21)14-26-28-23(16-7-3-2-4-8-16)27-20-10-6-5-9-19(20)24(28)30/h2-14H,15H2,1H3. The van der Waals surface area contributed by atoms with Gasteiger partial charge in [-0.1, -0.05) is 58.4 Å². The summed E-state index contributed by atoms with van der Waals surface area (Å²) in [5.41, 5.74) is 1.62. The summed E-state index contributed by atoms with van der Waals surface area (Å²) < 4.78 is 12.2. The number of halogens is 1. The fourth-order valence-electron chi connectivity index (χ4n) is 3.07. The van der Waals surface area contributed by atoms with Crippen LogP contribution in [0.5, 0.6) is 5.75 Å². The number of carbonyl (C=O) groups excluding carboxylic acids is 1. The van der Waals surface area contributed by atoms with Crippen molar-refractivity contribution >= 4 is 39.0 Å². The summed E-state index contributed by atoms with van der Waals surface area (Å²) in [6.07, 6.45) is 1.50. The summed E-state index contributed by atoms with van der Waals surface area (Å²) in [7, 11) is 1.29. The van der Waals surface area contributed by atoms with Crippen molar-refractivity contribution in [1.82, 2.24) is 9.66 Å². The molecule has 0 unspecified atom stereocenters. The molecule has 0 saturated carbocycles. The van der Waals surface area contributed by atoms with Crippen LogP contribution in [0.2, 0.25) is 0 Å². The van der Waals surface area contributed by atoms with Crippen LogP contribution in [0.25, 0.3) is 22.3 Å². The molecule has 1 heterocycles. The van der Waals surface area contributed by atoms with Crippen LogP contribution < -0.4 is 10.3 Å². The van der Waals surface area contributed by atoms with Gasteiger partial charge in [0.05, 0.1) is 24.2 Å². The number of fused-ring (bicyclic) bond motifs is 1. The van der Waals surface area contributed by atoms with Gasteiger partial charge >= 0.3 is 5.97 Å². The lowest BCUT2D eigenvalue weighted by atomic mass is 10.2. The van der Waals surface area contributed by atoms with Crippen molar-refractivity contribution in [3.05, 3.63) is 93.2 Å². The number of carbonyl (C=O) groups is 1. The van der Waals surface area contributed by atoms with E-state index in [1.807, 2.05) is 36.4 Å². The molecule has 32 heavy (non-hydrogen) atoms. The number of hydrogen-bond acceptors (Lipinski definition) is 6. The molecule has 3 aromatic carbocycles. The van der Waals surface area contributed by atoms with Crippen molar-refractivity contribution < 1.29 is 14.3 Å². The zero-order chi connectivity index (χ0) is 22.5. The molecule has 4 aromatic rings. The van der Waals surface area contributed by atoms with Crippen molar-refractivity contribution in [3.63, 3.8) is 0 Å². The molecule has 0 aliphatic rings. The fraction of sp³-hybridized carbons (Fsp3) is 0.0833. The maximum absolute atomic E-state index is 13.3. The lowest BCUT2D eigenvalue weighted by Gasteiger charge is -2.11. The molecular weight excluding hydrogens is 474 g/mol. The number of para-hydroxylation sites is 1. The number of ether oxygens (including phenoxy) is 2. The van der Waals surface area contributed by atoms with Crippen molar-refractivity contribution in [1.29, 1.82) is 0 Å². The van der Waals surface area contributed by atoms with E-state index >= 15 is 0 Å². The lowest BCUT2D eigenvalue weighted by Crippen LogP contribution is -2.20. The molecule has 0 amide bonds. The first kappa shape index (κ1) is 21.5. The molecule has 0 saturated heterocycles. The van der Waals surface area contributed by atoms with E-state index in [2.05, 4.69) is 30.8 Å². The Bertz CT molecular complexity index is 1370. The number of benzene rings is 3. The fourth-order valence-corrected chi connectivity index (χ4v) is 3.45. The van der Waals surface area contributed by atoms with Crippen LogP contribution >= 0.6 is 15.9 Å². The highest BCUT2D eigenvalue weighted by atomic mass is 79.9. The van der Waals surface area contributed by atoms with E-state index in [4.69, 9.17) is 4.74 Å². The molecule has 0 aliphatic carbocycles.